The summed E-state index contributed by atoms with van der Waals surface area (Å²) in [5, 5.41) is 9.71. The van der Waals surface area contributed by atoms with Crippen molar-refractivity contribution in [1.29, 1.82) is 0 Å². The predicted octanol–water partition coefficient (Wildman–Crippen LogP) is 1.50. The number of para-hydroxylation sites is 1. The minimum absolute atomic E-state index is 0.0388. The Morgan fingerprint density at radius 3 is 2.68 bits per heavy atom. The Hall–Kier alpha value is -1.14. The van der Waals surface area contributed by atoms with Crippen molar-refractivity contribution in [3.63, 3.8) is 0 Å². The van der Waals surface area contributed by atoms with Gasteiger partial charge in [-0.1, -0.05) is 12.1 Å². The molecule has 0 aromatic heterocycles. The molecule has 1 aliphatic rings. The van der Waals surface area contributed by atoms with Crippen LogP contribution in [0.2, 0.25) is 0 Å². The molecule has 1 aromatic carbocycles. The standard InChI is InChI=1S/C13H18FNO3S/c1-9(16)11-4-3-5-12(14)13(11)15(2)10-6-7-19(17,18)8-10/h3-5,9-10,16H,6-8H2,1-2H3. The highest BCUT2D eigenvalue weighted by molar-refractivity contribution is 7.91. The zero-order chi connectivity index (χ0) is 14.2. The van der Waals surface area contributed by atoms with Crippen LogP contribution in [0, 0.1) is 5.82 Å². The molecule has 1 fully saturated rings. The third kappa shape index (κ3) is 2.90. The molecule has 4 nitrogen and oxygen atoms in total. The first kappa shape index (κ1) is 14.3. The van der Waals surface area contributed by atoms with E-state index in [2.05, 4.69) is 0 Å². The summed E-state index contributed by atoms with van der Waals surface area (Å²) in [5.74, 6) is -0.262. The second-order valence-electron chi connectivity index (χ2n) is 5.02. The maximum atomic E-state index is 14.0. The van der Waals surface area contributed by atoms with E-state index in [9.17, 15) is 17.9 Å². The van der Waals surface area contributed by atoms with Gasteiger partial charge in [-0.05, 0) is 19.4 Å². The summed E-state index contributed by atoms with van der Waals surface area (Å²) in [4.78, 5) is 1.64. The number of hydrogen-bond donors (Lipinski definition) is 1. The molecule has 6 heteroatoms. The van der Waals surface area contributed by atoms with Gasteiger partial charge in [0.2, 0.25) is 0 Å². The van der Waals surface area contributed by atoms with Crippen LogP contribution < -0.4 is 4.90 Å². The van der Waals surface area contributed by atoms with Crippen molar-refractivity contribution in [2.45, 2.75) is 25.5 Å². The summed E-state index contributed by atoms with van der Waals surface area (Å²) in [7, 11) is -1.34. The molecule has 0 saturated carbocycles. The molecule has 1 heterocycles. The molecule has 2 atom stereocenters. The average Bonchev–Trinajstić information content (AvgIpc) is 2.68. The molecule has 0 spiro atoms. The highest BCUT2D eigenvalue weighted by Crippen LogP contribution is 2.32. The van der Waals surface area contributed by atoms with Gasteiger partial charge < -0.3 is 10.0 Å². The summed E-state index contributed by atoms with van der Waals surface area (Å²) in [5.41, 5.74) is 0.770. The van der Waals surface area contributed by atoms with Gasteiger partial charge in [0.1, 0.15) is 5.82 Å². The Morgan fingerprint density at radius 2 is 2.16 bits per heavy atom. The first-order valence-electron chi connectivity index (χ1n) is 6.21. The molecule has 1 N–H and O–H groups in total. The van der Waals surface area contributed by atoms with Crippen LogP contribution in [0.4, 0.5) is 10.1 Å². The van der Waals surface area contributed by atoms with E-state index in [0.717, 1.165) is 0 Å². The predicted molar refractivity (Wildman–Crippen MR) is 72.5 cm³/mol. The maximum Gasteiger partial charge on any atom is 0.152 e. The molecule has 0 amide bonds. The topological polar surface area (TPSA) is 57.6 Å². The van der Waals surface area contributed by atoms with E-state index in [1.54, 1.807) is 31.0 Å². The average molecular weight is 287 g/mol. The Balaban J connectivity index is 2.36. The zero-order valence-corrected chi connectivity index (χ0v) is 11.8. The summed E-state index contributed by atoms with van der Waals surface area (Å²) < 4.78 is 37.0. The monoisotopic (exact) mass is 287 g/mol. The van der Waals surface area contributed by atoms with Crippen molar-refractivity contribution in [3.05, 3.63) is 29.6 Å². The highest BCUT2D eigenvalue weighted by atomic mass is 32.2. The Bertz CT molecular complexity index is 571. The second-order valence-corrected chi connectivity index (χ2v) is 7.25. The Morgan fingerprint density at radius 1 is 1.47 bits per heavy atom. The van der Waals surface area contributed by atoms with Gasteiger partial charge in [-0.25, -0.2) is 12.8 Å². The van der Waals surface area contributed by atoms with Crippen LogP contribution in [0.15, 0.2) is 18.2 Å². The van der Waals surface area contributed by atoms with Crippen LogP contribution in [0.3, 0.4) is 0 Å². The maximum absolute atomic E-state index is 14.0. The molecular weight excluding hydrogens is 269 g/mol. The smallest absolute Gasteiger partial charge is 0.152 e. The number of hydrogen-bond acceptors (Lipinski definition) is 4. The lowest BCUT2D eigenvalue weighted by Crippen LogP contribution is -2.34. The molecule has 1 aliphatic heterocycles. The van der Waals surface area contributed by atoms with E-state index < -0.39 is 21.8 Å². The van der Waals surface area contributed by atoms with E-state index in [1.807, 2.05) is 0 Å². The van der Waals surface area contributed by atoms with Gasteiger partial charge in [0.15, 0.2) is 9.84 Å². The van der Waals surface area contributed by atoms with Gasteiger partial charge in [-0.15, -0.1) is 0 Å². The molecule has 1 aromatic rings. The molecule has 0 radical (unpaired) electrons. The van der Waals surface area contributed by atoms with Gasteiger partial charge >= 0.3 is 0 Å². The minimum atomic E-state index is -3.02. The van der Waals surface area contributed by atoms with Crippen molar-refractivity contribution >= 4 is 15.5 Å². The lowest BCUT2D eigenvalue weighted by molar-refractivity contribution is 0.199. The SMILES string of the molecule is CC(O)c1cccc(F)c1N(C)C1CCS(=O)(=O)C1. The highest BCUT2D eigenvalue weighted by Gasteiger charge is 2.32. The van der Waals surface area contributed by atoms with Gasteiger partial charge in [-0.3, -0.25) is 0 Å². The molecule has 0 aliphatic carbocycles. The first-order chi connectivity index (χ1) is 8.82. The summed E-state index contributed by atoms with van der Waals surface area (Å²) in [6, 6.07) is 4.28. The van der Waals surface area contributed by atoms with Gasteiger partial charge in [0.05, 0.1) is 23.3 Å². The number of aliphatic hydroxyl groups is 1. The lowest BCUT2D eigenvalue weighted by atomic mass is 10.1. The van der Waals surface area contributed by atoms with Crippen molar-refractivity contribution in [1.82, 2.24) is 0 Å². The van der Waals surface area contributed by atoms with Crippen molar-refractivity contribution in [3.8, 4) is 0 Å². The number of rotatable bonds is 3. The van der Waals surface area contributed by atoms with Gasteiger partial charge in [0, 0.05) is 18.7 Å². The normalized spacial score (nSPS) is 23.3. The van der Waals surface area contributed by atoms with E-state index in [0.29, 0.717) is 17.7 Å². The molecule has 1 saturated heterocycles. The molecule has 19 heavy (non-hydrogen) atoms. The summed E-state index contributed by atoms with van der Waals surface area (Å²) in [6.45, 7) is 1.57. The van der Waals surface area contributed by atoms with Crippen molar-refractivity contribution in [2.24, 2.45) is 0 Å². The fraction of sp³-hybridized carbons (Fsp3) is 0.538. The van der Waals surface area contributed by atoms with Crippen molar-refractivity contribution < 1.29 is 17.9 Å². The third-order valence-electron chi connectivity index (χ3n) is 3.58. The summed E-state index contributed by atoms with van der Waals surface area (Å²) >= 11 is 0. The largest absolute Gasteiger partial charge is 0.389 e. The molecule has 2 unspecified atom stereocenters. The number of nitrogens with zero attached hydrogens (tertiary/aromatic N) is 1. The molecule has 2 rings (SSSR count). The van der Waals surface area contributed by atoms with Gasteiger partial charge in [-0.2, -0.15) is 0 Å². The van der Waals surface area contributed by atoms with Crippen molar-refractivity contribution in [2.75, 3.05) is 23.5 Å². The Kier molecular flexibility index (Phi) is 3.82. The van der Waals surface area contributed by atoms with Gasteiger partial charge in [0.25, 0.3) is 0 Å². The van der Waals surface area contributed by atoms with E-state index in [-0.39, 0.29) is 17.5 Å². The third-order valence-corrected chi connectivity index (χ3v) is 5.33. The number of halogens is 1. The lowest BCUT2D eigenvalue weighted by Gasteiger charge is -2.29. The number of anilines is 1. The van der Waals surface area contributed by atoms with E-state index >= 15 is 0 Å². The summed E-state index contributed by atoms with van der Waals surface area (Å²) in [6.07, 6.45) is -0.307. The molecule has 0 bridgehead atoms. The van der Waals surface area contributed by atoms with Crippen LogP contribution in [-0.2, 0) is 9.84 Å². The zero-order valence-electron chi connectivity index (χ0n) is 11.0. The van der Waals surface area contributed by atoms with E-state index in [4.69, 9.17) is 0 Å². The fourth-order valence-corrected chi connectivity index (χ4v) is 4.28. The number of benzene rings is 1. The molecular formula is C13H18FNO3S. The minimum Gasteiger partial charge on any atom is -0.389 e. The Labute approximate surface area is 112 Å². The van der Waals surface area contributed by atoms with Crippen LogP contribution in [-0.4, -0.2) is 38.1 Å². The number of sulfone groups is 1. The first-order valence-corrected chi connectivity index (χ1v) is 8.03. The van der Waals surface area contributed by atoms with Crippen LogP contribution in [0.25, 0.3) is 0 Å². The quantitative estimate of drug-likeness (QED) is 0.915. The molecule has 106 valence electrons. The van der Waals surface area contributed by atoms with E-state index in [1.165, 1.54) is 6.07 Å². The fourth-order valence-electron chi connectivity index (χ4n) is 2.50. The number of aliphatic hydroxyl groups excluding tert-OH is 1. The second kappa shape index (κ2) is 5.09. The van der Waals surface area contributed by atoms with Crippen LogP contribution in [0.1, 0.15) is 25.0 Å². The van der Waals surface area contributed by atoms with Crippen LogP contribution in [0.5, 0.6) is 0 Å². The van der Waals surface area contributed by atoms with Crippen LogP contribution >= 0.6 is 0 Å².